The second-order valence-electron chi connectivity index (χ2n) is 7.15. The van der Waals surface area contributed by atoms with Crippen molar-refractivity contribution in [1.82, 2.24) is 19.7 Å². The molecule has 1 aliphatic heterocycles. The molecule has 0 bridgehead atoms. The zero-order valence-electron chi connectivity index (χ0n) is 15.6. The summed E-state index contributed by atoms with van der Waals surface area (Å²) in [6.07, 6.45) is 2.07. The standard InChI is InChI=1S/C21H20ClFN4O2/c22-16-6-2-1-5-15(16)20(28)26-11-9-14(10-12-26)13-19-24-25-21(29)27(19)18-8-4-3-7-17(18)23/h1-8,14H,9-13H2,(H,25,29). The molecule has 0 saturated carbocycles. The fraction of sp³-hybridized carbons (Fsp3) is 0.286. The smallest absolute Gasteiger partial charge is 0.339 e. The second-order valence-corrected chi connectivity index (χ2v) is 7.56. The molecule has 4 rings (SSSR count). The molecule has 1 aliphatic rings. The number of halogens is 2. The molecule has 2 aromatic carbocycles. The van der Waals surface area contributed by atoms with Gasteiger partial charge in [-0.05, 0) is 43.0 Å². The van der Waals surface area contributed by atoms with E-state index in [-0.39, 0.29) is 17.5 Å². The van der Waals surface area contributed by atoms with Gasteiger partial charge < -0.3 is 4.90 Å². The lowest BCUT2D eigenvalue weighted by Gasteiger charge is -2.32. The Morgan fingerprint density at radius 1 is 1.14 bits per heavy atom. The van der Waals surface area contributed by atoms with Crippen LogP contribution in [0, 0.1) is 11.7 Å². The van der Waals surface area contributed by atoms with Gasteiger partial charge in [0.1, 0.15) is 11.6 Å². The normalized spacial score (nSPS) is 14.9. The van der Waals surface area contributed by atoms with Crippen LogP contribution in [0.3, 0.4) is 0 Å². The predicted molar refractivity (Wildman–Crippen MR) is 108 cm³/mol. The van der Waals surface area contributed by atoms with E-state index in [0.717, 1.165) is 12.8 Å². The van der Waals surface area contributed by atoms with Gasteiger partial charge in [0.15, 0.2) is 0 Å². The van der Waals surface area contributed by atoms with Crippen molar-refractivity contribution in [1.29, 1.82) is 0 Å². The Morgan fingerprint density at radius 3 is 2.55 bits per heavy atom. The molecule has 0 atom stereocenters. The average Bonchev–Trinajstić information content (AvgIpc) is 3.09. The highest BCUT2D eigenvalue weighted by molar-refractivity contribution is 6.33. The maximum absolute atomic E-state index is 14.2. The summed E-state index contributed by atoms with van der Waals surface area (Å²) in [5.41, 5.74) is 0.234. The van der Waals surface area contributed by atoms with Crippen LogP contribution in [-0.2, 0) is 6.42 Å². The quantitative estimate of drug-likeness (QED) is 0.710. The Balaban J connectivity index is 1.45. The van der Waals surface area contributed by atoms with Gasteiger partial charge in [-0.15, -0.1) is 0 Å². The number of likely N-dealkylation sites (tertiary alicyclic amines) is 1. The van der Waals surface area contributed by atoms with Crippen molar-refractivity contribution in [3.05, 3.63) is 81.2 Å². The highest BCUT2D eigenvalue weighted by atomic mass is 35.5. The third-order valence-electron chi connectivity index (χ3n) is 5.31. The fourth-order valence-electron chi connectivity index (χ4n) is 3.75. The number of benzene rings is 2. The van der Waals surface area contributed by atoms with Crippen LogP contribution >= 0.6 is 11.6 Å². The summed E-state index contributed by atoms with van der Waals surface area (Å²) in [5.74, 6) is 0.191. The summed E-state index contributed by atoms with van der Waals surface area (Å²) >= 11 is 6.14. The summed E-state index contributed by atoms with van der Waals surface area (Å²) in [6, 6.07) is 13.2. The number of carbonyl (C=O) groups is 1. The lowest BCUT2D eigenvalue weighted by atomic mass is 9.92. The van der Waals surface area contributed by atoms with Crippen LogP contribution in [0.15, 0.2) is 53.3 Å². The Labute approximate surface area is 171 Å². The molecule has 0 unspecified atom stereocenters. The summed E-state index contributed by atoms with van der Waals surface area (Å²) in [7, 11) is 0. The summed E-state index contributed by atoms with van der Waals surface area (Å²) in [6.45, 7) is 1.20. The Hall–Kier alpha value is -2.93. The van der Waals surface area contributed by atoms with Crippen molar-refractivity contribution in [2.45, 2.75) is 19.3 Å². The van der Waals surface area contributed by atoms with E-state index in [1.54, 1.807) is 47.4 Å². The molecule has 1 saturated heterocycles. The SMILES string of the molecule is O=C(c1ccccc1Cl)N1CCC(Cc2n[nH]c(=O)n2-c2ccccc2F)CC1. The van der Waals surface area contributed by atoms with Crippen LogP contribution in [0.1, 0.15) is 29.0 Å². The molecule has 1 amide bonds. The zero-order chi connectivity index (χ0) is 20.4. The maximum atomic E-state index is 14.2. The number of nitrogens with zero attached hydrogens (tertiary/aromatic N) is 3. The van der Waals surface area contributed by atoms with E-state index in [4.69, 9.17) is 11.6 Å². The Bertz CT molecular complexity index is 1090. The molecule has 3 aromatic rings. The molecule has 29 heavy (non-hydrogen) atoms. The van der Waals surface area contributed by atoms with Crippen molar-refractivity contribution in [3.8, 4) is 5.69 Å². The third kappa shape index (κ3) is 3.96. The number of hydrogen-bond acceptors (Lipinski definition) is 3. The number of piperidine rings is 1. The van der Waals surface area contributed by atoms with Gasteiger partial charge in [0.25, 0.3) is 5.91 Å². The van der Waals surface area contributed by atoms with E-state index in [9.17, 15) is 14.0 Å². The molecule has 1 fully saturated rings. The Kier molecular flexibility index (Phi) is 5.49. The molecule has 1 N–H and O–H groups in total. The number of para-hydroxylation sites is 1. The van der Waals surface area contributed by atoms with Gasteiger partial charge in [0.2, 0.25) is 0 Å². The molecule has 0 spiro atoms. The monoisotopic (exact) mass is 414 g/mol. The number of H-pyrrole nitrogens is 1. The zero-order valence-corrected chi connectivity index (χ0v) is 16.4. The number of amides is 1. The van der Waals surface area contributed by atoms with Crippen LogP contribution in [0.2, 0.25) is 5.02 Å². The van der Waals surface area contributed by atoms with Crippen molar-refractivity contribution in [2.24, 2.45) is 5.92 Å². The predicted octanol–water partition coefficient (Wildman–Crippen LogP) is 3.45. The van der Waals surface area contributed by atoms with Crippen LogP contribution in [0.25, 0.3) is 5.69 Å². The number of hydrogen-bond donors (Lipinski definition) is 1. The van der Waals surface area contributed by atoms with Crippen molar-refractivity contribution < 1.29 is 9.18 Å². The van der Waals surface area contributed by atoms with Gasteiger partial charge >= 0.3 is 5.69 Å². The van der Waals surface area contributed by atoms with Crippen LogP contribution in [0.4, 0.5) is 4.39 Å². The van der Waals surface area contributed by atoms with Crippen LogP contribution in [0.5, 0.6) is 0 Å². The van der Waals surface area contributed by atoms with E-state index in [1.807, 2.05) is 0 Å². The second kappa shape index (κ2) is 8.21. The van der Waals surface area contributed by atoms with Crippen LogP contribution < -0.4 is 5.69 Å². The van der Waals surface area contributed by atoms with Gasteiger partial charge in [0, 0.05) is 19.5 Å². The molecule has 2 heterocycles. The fourth-order valence-corrected chi connectivity index (χ4v) is 3.97. The lowest BCUT2D eigenvalue weighted by Crippen LogP contribution is -2.39. The molecule has 1 aromatic heterocycles. The molecule has 150 valence electrons. The number of aromatic nitrogens is 3. The number of carbonyl (C=O) groups excluding carboxylic acids is 1. The van der Waals surface area contributed by atoms with Crippen molar-refractivity contribution in [2.75, 3.05) is 13.1 Å². The number of rotatable bonds is 4. The summed E-state index contributed by atoms with van der Waals surface area (Å²) < 4.78 is 15.5. The number of nitrogens with one attached hydrogen (secondary N) is 1. The van der Waals surface area contributed by atoms with E-state index in [1.165, 1.54) is 10.6 Å². The van der Waals surface area contributed by atoms with Crippen LogP contribution in [-0.4, -0.2) is 38.7 Å². The van der Waals surface area contributed by atoms with E-state index in [0.29, 0.717) is 35.9 Å². The van der Waals surface area contributed by atoms with Gasteiger partial charge in [-0.2, -0.15) is 5.10 Å². The molecule has 0 aliphatic carbocycles. The highest BCUT2D eigenvalue weighted by Gasteiger charge is 2.26. The van der Waals surface area contributed by atoms with Crippen molar-refractivity contribution in [3.63, 3.8) is 0 Å². The first-order chi connectivity index (χ1) is 14.0. The van der Waals surface area contributed by atoms with E-state index in [2.05, 4.69) is 10.2 Å². The van der Waals surface area contributed by atoms with Gasteiger partial charge in [-0.1, -0.05) is 35.9 Å². The minimum atomic E-state index is -0.475. The third-order valence-corrected chi connectivity index (χ3v) is 5.64. The van der Waals surface area contributed by atoms with Gasteiger partial charge in [-0.25, -0.2) is 18.9 Å². The maximum Gasteiger partial charge on any atom is 0.348 e. The first-order valence-corrected chi connectivity index (χ1v) is 9.87. The minimum absolute atomic E-state index is 0.0721. The molecular weight excluding hydrogens is 395 g/mol. The van der Waals surface area contributed by atoms with E-state index >= 15 is 0 Å². The first-order valence-electron chi connectivity index (χ1n) is 9.49. The summed E-state index contributed by atoms with van der Waals surface area (Å²) in [5, 5.41) is 6.97. The summed E-state index contributed by atoms with van der Waals surface area (Å²) in [4.78, 5) is 26.7. The van der Waals surface area contributed by atoms with Crippen molar-refractivity contribution >= 4 is 17.5 Å². The molecular formula is C21H20ClFN4O2. The largest absolute Gasteiger partial charge is 0.348 e. The average molecular weight is 415 g/mol. The Morgan fingerprint density at radius 2 is 1.83 bits per heavy atom. The van der Waals surface area contributed by atoms with Gasteiger partial charge in [-0.3, -0.25) is 4.79 Å². The minimum Gasteiger partial charge on any atom is -0.339 e. The topological polar surface area (TPSA) is 71.0 Å². The first kappa shape index (κ1) is 19.4. The van der Waals surface area contributed by atoms with E-state index < -0.39 is 11.5 Å². The van der Waals surface area contributed by atoms with Gasteiger partial charge in [0.05, 0.1) is 16.3 Å². The lowest BCUT2D eigenvalue weighted by molar-refractivity contribution is 0.0690. The molecule has 6 nitrogen and oxygen atoms in total. The number of aromatic amines is 1. The molecule has 0 radical (unpaired) electrons. The molecule has 8 heteroatoms. The highest BCUT2D eigenvalue weighted by Crippen LogP contribution is 2.25.